The third-order valence-corrected chi connectivity index (χ3v) is 8.89. The Kier molecular flexibility index (Phi) is 7.40. The lowest BCUT2D eigenvalue weighted by Crippen LogP contribution is -2.12. The number of hydrogen-bond acceptors (Lipinski definition) is 6. The molecule has 4 aromatic carbocycles. The summed E-state index contributed by atoms with van der Waals surface area (Å²) in [6.07, 6.45) is 0.295. The Morgan fingerprint density at radius 3 is 1.33 bits per heavy atom. The predicted molar refractivity (Wildman–Crippen MR) is 182 cm³/mol. The maximum atomic E-state index is 13.0. The molecular formula is C38H32N4O6. The molecule has 6 aromatic rings. The van der Waals surface area contributed by atoms with Crippen LogP contribution in [0, 0.1) is 6.92 Å². The minimum atomic E-state index is -0.329. The summed E-state index contributed by atoms with van der Waals surface area (Å²) in [6.45, 7) is 1.97. The van der Waals surface area contributed by atoms with Crippen LogP contribution >= 0.6 is 0 Å². The molecule has 0 fully saturated rings. The fourth-order valence-electron chi connectivity index (χ4n) is 6.12. The van der Waals surface area contributed by atoms with Crippen molar-refractivity contribution in [2.24, 2.45) is 7.05 Å². The number of amides is 2. The SMILES string of the molecule is Cc1ccc(C(=O)Nc2ccc(-c3ccc(NC(=O)c4ccc(-n5c(O)c6c(c5O)Cc5c(c(O)n(C)c5O)C6)cc4)cc3)cc2)cc1. The van der Waals surface area contributed by atoms with E-state index >= 15 is 0 Å². The Balaban J connectivity index is 1.01. The molecule has 0 unspecified atom stereocenters. The van der Waals surface area contributed by atoms with Crippen LogP contribution in [-0.2, 0) is 19.9 Å². The van der Waals surface area contributed by atoms with E-state index in [1.165, 1.54) is 16.2 Å². The molecular weight excluding hydrogens is 608 g/mol. The molecule has 0 aliphatic heterocycles. The molecule has 2 amide bonds. The molecule has 0 saturated heterocycles. The fourth-order valence-corrected chi connectivity index (χ4v) is 6.12. The van der Waals surface area contributed by atoms with Crippen LogP contribution in [0.2, 0.25) is 0 Å². The Morgan fingerprint density at radius 1 is 0.542 bits per heavy atom. The maximum Gasteiger partial charge on any atom is 0.255 e. The van der Waals surface area contributed by atoms with Crippen LogP contribution in [-0.4, -0.2) is 41.4 Å². The molecule has 10 nitrogen and oxygen atoms in total. The summed E-state index contributed by atoms with van der Waals surface area (Å²) in [5.41, 5.74) is 7.63. The molecule has 48 heavy (non-hydrogen) atoms. The maximum absolute atomic E-state index is 13.0. The molecule has 6 N–H and O–H groups in total. The van der Waals surface area contributed by atoms with Gasteiger partial charge in [0.15, 0.2) is 11.8 Å². The minimum Gasteiger partial charge on any atom is -0.494 e. The molecule has 0 radical (unpaired) electrons. The van der Waals surface area contributed by atoms with Gasteiger partial charge in [-0.05, 0) is 78.7 Å². The zero-order valence-electron chi connectivity index (χ0n) is 26.2. The zero-order valence-corrected chi connectivity index (χ0v) is 26.2. The molecule has 240 valence electrons. The standard InChI is InChI=1S/C38H32N4O6/c1-21-3-5-24(6-4-21)33(43)39-26-13-7-22(8-14-26)23-9-15-27(16-10-23)40-34(44)25-11-17-28(18-12-25)42-37(47)31-19-29-30(20-32(31)38(42)48)36(46)41(2)35(29)45/h3-18,45-48H,19-20H2,1-2H3,(H,39,43)(H,40,44). The quantitative estimate of drug-likeness (QED) is 0.120. The predicted octanol–water partition coefficient (Wildman–Crippen LogP) is 6.61. The average molecular weight is 641 g/mol. The van der Waals surface area contributed by atoms with E-state index < -0.39 is 0 Å². The van der Waals surface area contributed by atoms with Gasteiger partial charge in [0.1, 0.15) is 0 Å². The van der Waals surface area contributed by atoms with E-state index in [1.54, 1.807) is 36.4 Å². The molecule has 0 atom stereocenters. The number of anilines is 2. The van der Waals surface area contributed by atoms with Gasteiger partial charge in [-0.3, -0.25) is 18.7 Å². The fraction of sp³-hybridized carbons (Fsp3) is 0.105. The Hall–Kier alpha value is -6.42. The van der Waals surface area contributed by atoms with Crippen molar-refractivity contribution in [3.63, 3.8) is 0 Å². The molecule has 0 spiro atoms. The first-order chi connectivity index (χ1) is 23.1. The zero-order chi connectivity index (χ0) is 33.7. The van der Waals surface area contributed by atoms with Crippen molar-refractivity contribution in [1.29, 1.82) is 0 Å². The third-order valence-electron chi connectivity index (χ3n) is 8.89. The number of carbonyl (C=O) groups excluding carboxylic acids is 2. The number of carbonyl (C=O) groups is 2. The van der Waals surface area contributed by atoms with Crippen molar-refractivity contribution in [1.82, 2.24) is 9.13 Å². The van der Waals surface area contributed by atoms with E-state index in [2.05, 4.69) is 10.6 Å². The van der Waals surface area contributed by atoms with Crippen molar-refractivity contribution < 1.29 is 30.0 Å². The van der Waals surface area contributed by atoms with E-state index in [-0.39, 0.29) is 48.2 Å². The first kappa shape index (κ1) is 30.2. The number of fused-ring (bicyclic) bond motifs is 2. The summed E-state index contributed by atoms with van der Waals surface area (Å²) in [5.74, 6) is -1.01. The Bertz CT molecular complexity index is 2140. The normalized spacial score (nSPS) is 11.9. The number of aromatic hydroxyl groups is 4. The van der Waals surface area contributed by atoms with Crippen LogP contribution in [0.25, 0.3) is 16.8 Å². The van der Waals surface area contributed by atoms with Crippen LogP contribution in [0.4, 0.5) is 11.4 Å². The van der Waals surface area contributed by atoms with Crippen molar-refractivity contribution in [3.8, 4) is 40.3 Å². The van der Waals surface area contributed by atoms with Crippen molar-refractivity contribution in [2.45, 2.75) is 19.8 Å². The smallest absolute Gasteiger partial charge is 0.255 e. The van der Waals surface area contributed by atoms with E-state index in [1.807, 2.05) is 67.6 Å². The molecule has 1 aliphatic rings. The monoisotopic (exact) mass is 640 g/mol. The van der Waals surface area contributed by atoms with E-state index in [4.69, 9.17) is 0 Å². The van der Waals surface area contributed by atoms with E-state index in [0.717, 1.165) is 16.7 Å². The van der Waals surface area contributed by atoms with E-state index in [9.17, 15) is 30.0 Å². The third kappa shape index (κ3) is 5.28. The summed E-state index contributed by atoms with van der Waals surface area (Å²) in [4.78, 5) is 25.6. The summed E-state index contributed by atoms with van der Waals surface area (Å²) in [7, 11) is 1.54. The van der Waals surface area contributed by atoms with Gasteiger partial charge in [0.2, 0.25) is 11.8 Å². The van der Waals surface area contributed by atoms with Crippen LogP contribution in [0.5, 0.6) is 23.5 Å². The number of aromatic nitrogens is 2. The van der Waals surface area contributed by atoms with Gasteiger partial charge in [-0.1, -0.05) is 42.0 Å². The molecule has 0 bridgehead atoms. The molecule has 1 aliphatic carbocycles. The Morgan fingerprint density at radius 2 is 0.917 bits per heavy atom. The molecule has 7 rings (SSSR count). The van der Waals surface area contributed by atoms with Gasteiger partial charge in [-0.25, -0.2) is 0 Å². The summed E-state index contributed by atoms with van der Waals surface area (Å²) >= 11 is 0. The minimum absolute atomic E-state index is 0.0834. The average Bonchev–Trinajstić information content (AvgIpc) is 3.47. The second kappa shape index (κ2) is 11.7. The van der Waals surface area contributed by atoms with Gasteiger partial charge in [0, 0.05) is 64.6 Å². The topological polar surface area (TPSA) is 149 Å². The van der Waals surface area contributed by atoms with Crippen molar-refractivity contribution in [3.05, 3.63) is 136 Å². The van der Waals surface area contributed by atoms with Gasteiger partial charge < -0.3 is 31.1 Å². The highest BCUT2D eigenvalue weighted by molar-refractivity contribution is 6.05. The lowest BCUT2D eigenvalue weighted by atomic mass is 9.90. The number of nitrogens with zero attached hydrogens (tertiary/aromatic N) is 2. The van der Waals surface area contributed by atoms with Gasteiger partial charge in [0.25, 0.3) is 11.8 Å². The van der Waals surface area contributed by atoms with Gasteiger partial charge in [-0.2, -0.15) is 0 Å². The van der Waals surface area contributed by atoms with E-state index in [0.29, 0.717) is 50.4 Å². The first-order valence-electron chi connectivity index (χ1n) is 15.3. The number of rotatable bonds is 6. The largest absolute Gasteiger partial charge is 0.494 e. The lowest BCUT2D eigenvalue weighted by Gasteiger charge is -2.12. The number of benzene rings is 4. The van der Waals surface area contributed by atoms with Crippen molar-refractivity contribution >= 4 is 23.2 Å². The first-order valence-corrected chi connectivity index (χ1v) is 15.3. The number of nitrogens with one attached hydrogen (secondary N) is 2. The molecule has 2 heterocycles. The summed E-state index contributed by atoms with van der Waals surface area (Å²) in [5, 5.41) is 48.7. The van der Waals surface area contributed by atoms with Crippen LogP contribution in [0.1, 0.15) is 48.5 Å². The number of hydrogen-bond donors (Lipinski definition) is 6. The van der Waals surface area contributed by atoms with Crippen LogP contribution in [0.3, 0.4) is 0 Å². The second-order valence-corrected chi connectivity index (χ2v) is 11.9. The second-order valence-electron chi connectivity index (χ2n) is 11.9. The molecule has 0 saturated carbocycles. The Labute approximate surface area is 275 Å². The van der Waals surface area contributed by atoms with Crippen LogP contribution < -0.4 is 10.6 Å². The highest BCUT2D eigenvalue weighted by atomic mass is 16.3. The van der Waals surface area contributed by atoms with Crippen molar-refractivity contribution in [2.75, 3.05) is 10.6 Å². The number of aryl methyl sites for hydroxylation is 1. The van der Waals surface area contributed by atoms with Gasteiger partial charge in [-0.15, -0.1) is 0 Å². The molecule has 10 heteroatoms. The van der Waals surface area contributed by atoms with Gasteiger partial charge in [0.05, 0.1) is 5.69 Å². The van der Waals surface area contributed by atoms with Gasteiger partial charge >= 0.3 is 0 Å². The lowest BCUT2D eigenvalue weighted by molar-refractivity contribution is 0.101. The summed E-state index contributed by atoms with van der Waals surface area (Å²) < 4.78 is 2.56. The molecule has 2 aromatic heterocycles. The summed E-state index contributed by atoms with van der Waals surface area (Å²) in [6, 6.07) is 28.8. The highest BCUT2D eigenvalue weighted by Gasteiger charge is 2.33. The van der Waals surface area contributed by atoms with Crippen LogP contribution in [0.15, 0.2) is 97.1 Å². The highest BCUT2D eigenvalue weighted by Crippen LogP contribution is 2.47.